The van der Waals surface area contributed by atoms with Gasteiger partial charge in [-0.05, 0) is 17.7 Å². The molecule has 6 nitrogen and oxygen atoms in total. The van der Waals surface area contributed by atoms with E-state index >= 15 is 0 Å². The van der Waals surface area contributed by atoms with Gasteiger partial charge in [0.1, 0.15) is 0 Å². The van der Waals surface area contributed by atoms with Crippen molar-refractivity contribution in [3.05, 3.63) is 70.3 Å². The van der Waals surface area contributed by atoms with E-state index < -0.39 is 14.9 Å². The summed E-state index contributed by atoms with van der Waals surface area (Å²) in [6.07, 6.45) is 0. The molecule has 0 saturated heterocycles. The van der Waals surface area contributed by atoms with E-state index in [0.717, 1.165) is 4.90 Å². The fourth-order valence-electron chi connectivity index (χ4n) is 1.87. The Labute approximate surface area is 139 Å². The quantitative estimate of drug-likeness (QED) is 0.341. The third-order valence-electron chi connectivity index (χ3n) is 2.94. The van der Waals surface area contributed by atoms with Crippen LogP contribution in [-0.2, 0) is 15.8 Å². The van der Waals surface area contributed by atoms with Crippen LogP contribution in [0.25, 0.3) is 0 Å². The van der Waals surface area contributed by atoms with E-state index in [9.17, 15) is 18.5 Å². The van der Waals surface area contributed by atoms with Crippen molar-refractivity contribution in [3.63, 3.8) is 0 Å². The summed E-state index contributed by atoms with van der Waals surface area (Å²) in [7, 11) is -3.46. The molecule has 0 aromatic heterocycles. The molecule has 0 aliphatic carbocycles. The fourth-order valence-corrected chi connectivity index (χ4v) is 3.93. The Balaban J connectivity index is 1.81. The minimum Gasteiger partial charge on any atom is -0.258 e. The number of nitro benzene ring substituents is 1. The van der Waals surface area contributed by atoms with Gasteiger partial charge in [0.15, 0.2) is 0 Å². The highest BCUT2D eigenvalue weighted by molar-refractivity contribution is 7.99. The Morgan fingerprint density at radius 2 is 1.70 bits per heavy atom. The molecule has 0 aliphatic heterocycles. The second-order valence-electron chi connectivity index (χ2n) is 4.74. The second kappa shape index (κ2) is 8.09. The molecule has 122 valence electrons. The number of nitro groups is 1. The first-order chi connectivity index (χ1) is 11.0. The molecule has 2 rings (SSSR count). The summed E-state index contributed by atoms with van der Waals surface area (Å²) in [5.41, 5.74) is 0.456. The molecule has 0 saturated carbocycles. The van der Waals surface area contributed by atoms with E-state index in [-0.39, 0.29) is 11.4 Å². The molecule has 0 heterocycles. The molecule has 1 N–H and O–H groups in total. The fraction of sp³-hybridized carbons (Fsp3) is 0.200. The lowest BCUT2D eigenvalue weighted by molar-refractivity contribution is -0.384. The van der Waals surface area contributed by atoms with Gasteiger partial charge >= 0.3 is 0 Å². The van der Waals surface area contributed by atoms with Crippen LogP contribution in [0.2, 0.25) is 0 Å². The third kappa shape index (κ3) is 6.01. The van der Waals surface area contributed by atoms with Crippen LogP contribution in [-0.4, -0.2) is 25.6 Å². The van der Waals surface area contributed by atoms with E-state index in [4.69, 9.17) is 0 Å². The van der Waals surface area contributed by atoms with E-state index in [1.807, 2.05) is 30.3 Å². The molecule has 0 bridgehead atoms. The topological polar surface area (TPSA) is 89.3 Å². The van der Waals surface area contributed by atoms with Gasteiger partial charge in [-0.25, -0.2) is 13.1 Å². The van der Waals surface area contributed by atoms with Crippen LogP contribution in [0.15, 0.2) is 59.5 Å². The third-order valence-corrected chi connectivity index (χ3v) is 5.31. The van der Waals surface area contributed by atoms with Crippen LogP contribution in [0.3, 0.4) is 0 Å². The van der Waals surface area contributed by atoms with Crippen LogP contribution < -0.4 is 4.72 Å². The van der Waals surface area contributed by atoms with Crippen molar-refractivity contribution in [3.8, 4) is 0 Å². The minimum atomic E-state index is -3.46. The maximum absolute atomic E-state index is 12.0. The largest absolute Gasteiger partial charge is 0.269 e. The van der Waals surface area contributed by atoms with E-state index in [1.54, 1.807) is 11.8 Å². The molecular weight excluding hydrogens is 336 g/mol. The van der Waals surface area contributed by atoms with Crippen molar-refractivity contribution in [1.29, 1.82) is 0 Å². The summed E-state index contributed by atoms with van der Waals surface area (Å²) in [4.78, 5) is 11.1. The zero-order chi connectivity index (χ0) is 16.7. The number of non-ortho nitro benzene ring substituents is 1. The van der Waals surface area contributed by atoms with Crippen molar-refractivity contribution < 1.29 is 13.3 Å². The SMILES string of the molecule is O=[N+]([O-])c1ccc(CS(=O)(=O)NCCSc2ccccc2)cc1. The van der Waals surface area contributed by atoms with Gasteiger partial charge in [-0.1, -0.05) is 30.3 Å². The van der Waals surface area contributed by atoms with Gasteiger partial charge in [0, 0.05) is 29.3 Å². The van der Waals surface area contributed by atoms with Crippen molar-refractivity contribution in [2.45, 2.75) is 10.6 Å². The van der Waals surface area contributed by atoms with Crippen LogP contribution in [0, 0.1) is 10.1 Å². The van der Waals surface area contributed by atoms with Crippen LogP contribution in [0.4, 0.5) is 5.69 Å². The lowest BCUT2D eigenvalue weighted by atomic mass is 10.2. The van der Waals surface area contributed by atoms with Gasteiger partial charge in [0.2, 0.25) is 10.0 Å². The highest BCUT2D eigenvalue weighted by Crippen LogP contribution is 2.16. The molecule has 2 aromatic carbocycles. The number of benzene rings is 2. The number of rotatable bonds is 8. The van der Waals surface area contributed by atoms with Gasteiger partial charge in [-0.3, -0.25) is 10.1 Å². The van der Waals surface area contributed by atoms with Crippen molar-refractivity contribution in [1.82, 2.24) is 4.72 Å². The number of hydrogen-bond acceptors (Lipinski definition) is 5. The monoisotopic (exact) mass is 352 g/mol. The lowest BCUT2D eigenvalue weighted by Crippen LogP contribution is -2.27. The predicted molar refractivity (Wildman–Crippen MR) is 90.9 cm³/mol. The van der Waals surface area contributed by atoms with Gasteiger partial charge < -0.3 is 0 Å². The molecular formula is C15H16N2O4S2. The summed E-state index contributed by atoms with van der Waals surface area (Å²) in [6.45, 7) is 0.328. The molecule has 0 radical (unpaired) electrons. The molecule has 2 aromatic rings. The number of hydrogen-bond donors (Lipinski definition) is 1. The lowest BCUT2D eigenvalue weighted by Gasteiger charge is -2.07. The second-order valence-corrected chi connectivity index (χ2v) is 7.71. The van der Waals surface area contributed by atoms with Crippen molar-refractivity contribution >= 4 is 27.5 Å². The molecule has 0 unspecified atom stereocenters. The van der Waals surface area contributed by atoms with Gasteiger partial charge in [0.05, 0.1) is 10.7 Å². The summed E-state index contributed by atoms with van der Waals surface area (Å²) >= 11 is 1.57. The average molecular weight is 352 g/mol. The van der Waals surface area contributed by atoms with Gasteiger partial charge in [-0.2, -0.15) is 0 Å². The molecule has 0 aliphatic rings. The Hall–Kier alpha value is -1.90. The average Bonchev–Trinajstić information content (AvgIpc) is 2.53. The Bertz CT molecular complexity index is 747. The Morgan fingerprint density at radius 3 is 2.30 bits per heavy atom. The molecule has 23 heavy (non-hydrogen) atoms. The maximum Gasteiger partial charge on any atom is 0.269 e. The predicted octanol–water partition coefficient (Wildman–Crippen LogP) is 2.81. The zero-order valence-electron chi connectivity index (χ0n) is 12.2. The summed E-state index contributed by atoms with van der Waals surface area (Å²) in [5, 5.41) is 10.6. The maximum atomic E-state index is 12.0. The van der Waals surface area contributed by atoms with Crippen LogP contribution in [0.1, 0.15) is 5.56 Å². The zero-order valence-corrected chi connectivity index (χ0v) is 13.8. The normalized spacial score (nSPS) is 11.3. The molecule has 0 atom stereocenters. The first kappa shape index (κ1) is 17.5. The summed E-state index contributed by atoms with van der Waals surface area (Å²) in [5.74, 6) is 0.435. The van der Waals surface area contributed by atoms with Crippen LogP contribution in [0.5, 0.6) is 0 Å². The first-order valence-electron chi connectivity index (χ1n) is 6.85. The Kier molecular flexibility index (Phi) is 6.14. The molecule has 0 fully saturated rings. The molecule has 0 spiro atoms. The highest BCUT2D eigenvalue weighted by Gasteiger charge is 2.12. The number of thioether (sulfide) groups is 1. The van der Waals surface area contributed by atoms with E-state index in [0.29, 0.717) is 17.9 Å². The first-order valence-corrected chi connectivity index (χ1v) is 9.48. The summed E-state index contributed by atoms with van der Waals surface area (Å²) in [6, 6.07) is 15.2. The molecule has 8 heteroatoms. The number of sulfonamides is 1. The van der Waals surface area contributed by atoms with Crippen molar-refractivity contribution in [2.24, 2.45) is 0 Å². The van der Waals surface area contributed by atoms with Gasteiger partial charge in [0.25, 0.3) is 5.69 Å². The van der Waals surface area contributed by atoms with Gasteiger partial charge in [-0.15, -0.1) is 11.8 Å². The number of nitrogens with zero attached hydrogens (tertiary/aromatic N) is 1. The minimum absolute atomic E-state index is 0.0571. The smallest absolute Gasteiger partial charge is 0.258 e. The molecule has 0 amide bonds. The Morgan fingerprint density at radius 1 is 1.04 bits per heavy atom. The summed E-state index contributed by atoms with van der Waals surface area (Å²) < 4.78 is 26.5. The van der Waals surface area contributed by atoms with E-state index in [2.05, 4.69) is 4.72 Å². The van der Waals surface area contributed by atoms with Crippen LogP contribution >= 0.6 is 11.8 Å². The van der Waals surface area contributed by atoms with E-state index in [1.165, 1.54) is 24.3 Å². The van der Waals surface area contributed by atoms with Crippen molar-refractivity contribution in [2.75, 3.05) is 12.3 Å². The standard InChI is InChI=1S/C15H16N2O4S2/c18-17(19)14-8-6-13(7-9-14)12-23(20,21)16-10-11-22-15-4-2-1-3-5-15/h1-9,16H,10-12H2. The highest BCUT2D eigenvalue weighted by atomic mass is 32.2. The number of nitrogens with one attached hydrogen (secondary N) is 1.